The molecule has 0 heterocycles. The fraction of sp³-hybridized carbons (Fsp3) is 0.667. The first-order chi connectivity index (χ1) is 7.33. The summed E-state index contributed by atoms with van der Waals surface area (Å²) in [5.74, 6) is -0.0621. The monoisotopic (exact) mass is 268 g/mol. The lowest BCUT2D eigenvalue weighted by atomic mass is 10.7. The lowest BCUT2D eigenvalue weighted by Crippen LogP contribution is -2.25. The van der Waals surface area contributed by atoms with Gasteiger partial charge in [-0.1, -0.05) is 0 Å². The number of nitrogens with zero attached hydrogens (tertiary/aromatic N) is 2. The maximum atomic E-state index is 11.5. The fourth-order valence-corrected chi connectivity index (χ4v) is 1.87. The molecule has 0 saturated heterocycles. The van der Waals surface area contributed by atoms with Gasteiger partial charge in [0.15, 0.2) is 11.9 Å². The molecular formula is C6H16N6O2S2. The maximum Gasteiger partial charge on any atom is 0.185 e. The molecule has 0 bridgehead atoms. The normalized spacial score (nSPS) is 13.8. The molecule has 1 atom stereocenters. The second-order valence-corrected chi connectivity index (χ2v) is 5.98. The van der Waals surface area contributed by atoms with Gasteiger partial charge in [-0.2, -0.15) is 0 Å². The molecule has 8 N–H and O–H groups in total. The van der Waals surface area contributed by atoms with E-state index >= 15 is 0 Å². The first-order valence-corrected chi connectivity index (χ1v) is 6.89. The Morgan fingerprint density at radius 2 is 1.62 bits per heavy atom. The second kappa shape index (κ2) is 7.19. The van der Waals surface area contributed by atoms with Crippen LogP contribution in [0.25, 0.3) is 0 Å². The predicted molar refractivity (Wildman–Crippen MR) is 67.7 cm³/mol. The summed E-state index contributed by atoms with van der Waals surface area (Å²) in [5.41, 5.74) is 20.4. The Balaban J connectivity index is 3.89. The highest BCUT2D eigenvalue weighted by Gasteiger charge is 2.05. The van der Waals surface area contributed by atoms with Crippen molar-refractivity contribution < 1.29 is 8.39 Å². The van der Waals surface area contributed by atoms with Crippen molar-refractivity contribution in [2.75, 3.05) is 25.4 Å². The van der Waals surface area contributed by atoms with Crippen LogP contribution in [0.1, 0.15) is 0 Å². The molecule has 0 radical (unpaired) electrons. The SMILES string of the molecule is NC(N)=NCCOS(=O)(=S)CCN=C(N)N. The average molecular weight is 268 g/mol. The van der Waals surface area contributed by atoms with Crippen molar-refractivity contribution in [1.29, 1.82) is 0 Å². The Morgan fingerprint density at radius 1 is 1.12 bits per heavy atom. The molecule has 0 amide bonds. The molecule has 94 valence electrons. The van der Waals surface area contributed by atoms with Crippen LogP contribution >= 0.6 is 0 Å². The molecule has 0 spiro atoms. The molecule has 0 aromatic heterocycles. The topological polar surface area (TPSA) is 155 Å². The van der Waals surface area contributed by atoms with E-state index in [1.807, 2.05) is 0 Å². The average Bonchev–Trinajstić information content (AvgIpc) is 2.11. The van der Waals surface area contributed by atoms with Crippen molar-refractivity contribution in [3.63, 3.8) is 0 Å². The van der Waals surface area contributed by atoms with Crippen molar-refractivity contribution in [3.8, 4) is 0 Å². The quantitative estimate of drug-likeness (QED) is 0.221. The van der Waals surface area contributed by atoms with Gasteiger partial charge in [0.1, 0.15) is 8.77 Å². The van der Waals surface area contributed by atoms with Crippen LogP contribution in [0.4, 0.5) is 0 Å². The lowest BCUT2D eigenvalue weighted by molar-refractivity contribution is 0.357. The van der Waals surface area contributed by atoms with Crippen LogP contribution in [0.2, 0.25) is 0 Å². The fourth-order valence-electron chi connectivity index (χ4n) is 0.684. The number of nitrogens with two attached hydrogens (primary N) is 4. The Hall–Kier alpha value is -1.13. The van der Waals surface area contributed by atoms with E-state index in [0.717, 1.165) is 0 Å². The molecule has 1 unspecified atom stereocenters. The van der Waals surface area contributed by atoms with Gasteiger partial charge < -0.3 is 22.9 Å². The predicted octanol–water partition coefficient (Wildman–Crippen LogP) is -2.79. The van der Waals surface area contributed by atoms with Gasteiger partial charge in [0.25, 0.3) is 0 Å². The summed E-state index contributed by atoms with van der Waals surface area (Å²) in [4.78, 5) is 7.29. The highest BCUT2D eigenvalue weighted by molar-refractivity contribution is 8.30. The zero-order chi connectivity index (χ0) is 12.6. The van der Waals surface area contributed by atoms with E-state index in [0.29, 0.717) is 0 Å². The van der Waals surface area contributed by atoms with E-state index in [2.05, 4.69) is 9.98 Å². The smallest absolute Gasteiger partial charge is 0.185 e. The summed E-state index contributed by atoms with van der Waals surface area (Å²) >= 11 is 4.72. The van der Waals surface area contributed by atoms with Gasteiger partial charge in [0.05, 0.1) is 25.4 Å². The first-order valence-electron chi connectivity index (χ1n) is 4.31. The van der Waals surface area contributed by atoms with Gasteiger partial charge >= 0.3 is 0 Å². The van der Waals surface area contributed by atoms with E-state index in [1.165, 1.54) is 0 Å². The van der Waals surface area contributed by atoms with E-state index in [4.69, 9.17) is 38.3 Å². The largest absolute Gasteiger partial charge is 0.370 e. The van der Waals surface area contributed by atoms with Gasteiger partial charge in [0, 0.05) is 11.2 Å². The van der Waals surface area contributed by atoms with E-state index < -0.39 is 8.77 Å². The van der Waals surface area contributed by atoms with Gasteiger partial charge in [-0.05, 0) is 0 Å². The van der Waals surface area contributed by atoms with Crippen molar-refractivity contribution in [3.05, 3.63) is 0 Å². The zero-order valence-corrected chi connectivity index (χ0v) is 10.3. The van der Waals surface area contributed by atoms with Crippen molar-refractivity contribution in [1.82, 2.24) is 0 Å². The highest BCUT2D eigenvalue weighted by atomic mass is 32.8. The molecule has 0 aliphatic carbocycles. The number of hydrogen-bond donors (Lipinski definition) is 4. The summed E-state index contributed by atoms with van der Waals surface area (Å²) in [6.45, 7) is 0.452. The molecule has 0 aliphatic rings. The lowest BCUT2D eigenvalue weighted by Gasteiger charge is -2.05. The molecular weight excluding hydrogens is 252 g/mol. The van der Waals surface area contributed by atoms with Crippen LogP contribution in [0.3, 0.4) is 0 Å². The number of rotatable bonds is 7. The van der Waals surface area contributed by atoms with Crippen LogP contribution in [0.15, 0.2) is 9.98 Å². The molecule has 8 nitrogen and oxygen atoms in total. The van der Waals surface area contributed by atoms with Gasteiger partial charge in [-0.15, -0.1) is 0 Å². The number of guanidine groups is 2. The van der Waals surface area contributed by atoms with Crippen LogP contribution < -0.4 is 22.9 Å². The summed E-state index contributed by atoms with van der Waals surface area (Å²) in [6, 6.07) is 0. The van der Waals surface area contributed by atoms with Crippen LogP contribution in [0.5, 0.6) is 0 Å². The number of aliphatic imine (C=N–C) groups is 2. The molecule has 16 heavy (non-hydrogen) atoms. The van der Waals surface area contributed by atoms with Gasteiger partial charge in [-0.25, -0.2) is 4.21 Å². The Morgan fingerprint density at radius 3 is 2.12 bits per heavy atom. The van der Waals surface area contributed by atoms with Crippen molar-refractivity contribution in [2.45, 2.75) is 0 Å². The second-order valence-electron chi connectivity index (χ2n) is 2.70. The van der Waals surface area contributed by atoms with E-state index in [1.54, 1.807) is 0 Å². The Labute approximate surface area is 99.0 Å². The molecule has 0 aliphatic heterocycles. The molecule has 0 fully saturated rings. The molecule has 0 rings (SSSR count). The third kappa shape index (κ3) is 9.43. The minimum absolute atomic E-state index is 0.0556. The van der Waals surface area contributed by atoms with Crippen molar-refractivity contribution >= 4 is 31.9 Å². The standard InChI is InChI=1S/C6H16N6O2S2/c7-5(8)11-1-3-14-16(13,15)4-2-12-6(9)10/h1-4H2,(H4,7,8,11)(H4,9,10,12). The maximum absolute atomic E-state index is 11.5. The molecule has 10 heteroatoms. The van der Waals surface area contributed by atoms with Gasteiger partial charge in [0.2, 0.25) is 0 Å². The highest BCUT2D eigenvalue weighted by Crippen LogP contribution is 1.94. The molecule has 0 saturated carbocycles. The summed E-state index contributed by atoms with van der Waals surface area (Å²) in [5, 5.41) is 0. The zero-order valence-electron chi connectivity index (χ0n) is 8.67. The van der Waals surface area contributed by atoms with Gasteiger partial charge in [-0.3, -0.25) is 14.2 Å². The van der Waals surface area contributed by atoms with E-state index in [-0.39, 0.29) is 37.4 Å². The first kappa shape index (κ1) is 14.9. The van der Waals surface area contributed by atoms with E-state index in [9.17, 15) is 4.21 Å². The molecule has 0 aromatic carbocycles. The van der Waals surface area contributed by atoms with Crippen LogP contribution in [0, 0.1) is 0 Å². The van der Waals surface area contributed by atoms with Crippen LogP contribution in [-0.2, 0) is 24.1 Å². The Kier molecular flexibility index (Phi) is 6.69. The van der Waals surface area contributed by atoms with Crippen LogP contribution in [-0.4, -0.2) is 41.6 Å². The Bertz CT molecular complexity index is 355. The minimum Gasteiger partial charge on any atom is -0.370 e. The third-order valence-corrected chi connectivity index (χ3v) is 3.28. The summed E-state index contributed by atoms with van der Waals surface area (Å²) in [7, 11) is -2.81. The minimum atomic E-state index is -2.81. The summed E-state index contributed by atoms with van der Waals surface area (Å²) < 4.78 is 16.5. The molecule has 0 aromatic rings. The van der Waals surface area contributed by atoms with Crippen molar-refractivity contribution in [2.24, 2.45) is 32.9 Å². The summed E-state index contributed by atoms with van der Waals surface area (Å²) in [6.07, 6.45) is 0. The number of hydrogen-bond acceptors (Lipinski definition) is 5. The third-order valence-electron chi connectivity index (χ3n) is 1.28.